The summed E-state index contributed by atoms with van der Waals surface area (Å²) in [5, 5.41) is 5.56. The predicted octanol–water partition coefficient (Wildman–Crippen LogP) is 9.33. The normalized spacial score (nSPS) is 11.4. The van der Waals surface area contributed by atoms with E-state index in [2.05, 4.69) is 102 Å². The Labute approximate surface area is 189 Å². The average Bonchev–Trinajstić information content (AvgIpc) is 3.20. The molecule has 0 saturated heterocycles. The van der Waals surface area contributed by atoms with Crippen molar-refractivity contribution >= 4 is 70.9 Å². The van der Waals surface area contributed by atoms with Crippen LogP contribution in [0.1, 0.15) is 0 Å². The Kier molecular flexibility index (Phi) is 4.41. The summed E-state index contributed by atoms with van der Waals surface area (Å²) in [5.74, 6) is 0. The van der Waals surface area contributed by atoms with Crippen LogP contribution in [0.2, 0.25) is 5.02 Å². The van der Waals surface area contributed by atoms with E-state index in [-0.39, 0.29) is 0 Å². The first-order valence-electron chi connectivity index (χ1n) is 10.2. The van der Waals surface area contributed by atoms with Gasteiger partial charge in [-0.15, -0.1) is 11.3 Å². The van der Waals surface area contributed by atoms with E-state index in [1.807, 2.05) is 23.5 Å². The minimum absolute atomic E-state index is 0.770. The third-order valence-electron chi connectivity index (χ3n) is 5.72. The van der Waals surface area contributed by atoms with Crippen LogP contribution in [-0.2, 0) is 0 Å². The van der Waals surface area contributed by atoms with Crippen LogP contribution in [0.15, 0.2) is 109 Å². The molecule has 0 fully saturated rings. The van der Waals surface area contributed by atoms with Gasteiger partial charge in [0.15, 0.2) is 0 Å². The van der Waals surface area contributed by atoms with Crippen molar-refractivity contribution in [3.05, 3.63) is 114 Å². The molecule has 0 aliphatic heterocycles. The van der Waals surface area contributed by atoms with Gasteiger partial charge in [0.1, 0.15) is 0 Å². The fraction of sp³-hybridized carbons (Fsp3) is 0. The van der Waals surface area contributed by atoms with E-state index in [4.69, 9.17) is 11.6 Å². The van der Waals surface area contributed by atoms with E-state index in [1.165, 1.54) is 20.2 Å². The molecule has 0 aliphatic rings. The second-order valence-corrected chi connectivity index (χ2v) is 9.05. The third-order valence-corrected chi connectivity index (χ3v) is 7.20. The van der Waals surface area contributed by atoms with Crippen LogP contribution in [0.3, 0.4) is 0 Å². The Hall–Kier alpha value is -3.33. The van der Waals surface area contributed by atoms with Crippen LogP contribution in [-0.4, -0.2) is 0 Å². The molecule has 0 saturated carbocycles. The Morgan fingerprint density at radius 3 is 2.03 bits per heavy atom. The summed E-state index contributed by atoms with van der Waals surface area (Å²) in [7, 11) is 0. The highest BCUT2D eigenvalue weighted by molar-refractivity contribution is 7.25. The first kappa shape index (κ1) is 18.4. The maximum atomic E-state index is 6.54. The van der Waals surface area contributed by atoms with Crippen molar-refractivity contribution < 1.29 is 0 Å². The fourth-order valence-corrected chi connectivity index (χ4v) is 5.61. The maximum Gasteiger partial charge on any atom is 0.0541 e. The largest absolute Gasteiger partial charge is 0.310 e. The minimum atomic E-state index is 0.770. The fourth-order valence-electron chi connectivity index (χ4n) is 4.30. The Morgan fingerprint density at radius 2 is 1.19 bits per heavy atom. The van der Waals surface area contributed by atoms with Gasteiger partial charge in [-0.2, -0.15) is 0 Å². The van der Waals surface area contributed by atoms with Crippen molar-refractivity contribution in [2.75, 3.05) is 4.90 Å². The third kappa shape index (κ3) is 3.07. The molecule has 1 nitrogen and oxygen atoms in total. The van der Waals surface area contributed by atoms with Gasteiger partial charge in [-0.1, -0.05) is 72.3 Å². The summed E-state index contributed by atoms with van der Waals surface area (Å²) in [6, 6.07) is 38.4. The number of hydrogen-bond donors (Lipinski definition) is 0. The lowest BCUT2D eigenvalue weighted by atomic mass is 10.1. The number of anilines is 3. The zero-order valence-corrected chi connectivity index (χ0v) is 18.2. The molecule has 0 aliphatic carbocycles. The van der Waals surface area contributed by atoms with Crippen LogP contribution < -0.4 is 4.90 Å². The van der Waals surface area contributed by atoms with Gasteiger partial charge < -0.3 is 4.90 Å². The van der Waals surface area contributed by atoms with Gasteiger partial charge in [-0.25, -0.2) is 0 Å². The number of nitrogens with zero attached hydrogens (tertiary/aromatic N) is 1. The van der Waals surface area contributed by atoms with Gasteiger partial charge in [-0.3, -0.25) is 0 Å². The average molecular weight is 436 g/mol. The molecule has 31 heavy (non-hydrogen) atoms. The Balaban J connectivity index is 1.65. The molecule has 0 N–H and O–H groups in total. The quantitative estimate of drug-likeness (QED) is 0.267. The first-order chi connectivity index (χ1) is 15.3. The van der Waals surface area contributed by atoms with Crippen LogP contribution in [0.5, 0.6) is 0 Å². The smallest absolute Gasteiger partial charge is 0.0541 e. The summed E-state index contributed by atoms with van der Waals surface area (Å²) in [5.41, 5.74) is 3.37. The molecule has 0 bridgehead atoms. The van der Waals surface area contributed by atoms with Crippen molar-refractivity contribution in [3.63, 3.8) is 0 Å². The molecule has 0 spiro atoms. The predicted molar refractivity (Wildman–Crippen MR) is 137 cm³/mol. The number of fused-ring (bicyclic) bond motifs is 4. The summed E-state index contributed by atoms with van der Waals surface area (Å²) in [6.07, 6.45) is 0. The molecule has 1 aromatic heterocycles. The van der Waals surface area contributed by atoms with Gasteiger partial charge in [0, 0.05) is 47.3 Å². The molecule has 0 unspecified atom stereocenters. The molecule has 5 aromatic carbocycles. The summed E-state index contributed by atoms with van der Waals surface area (Å²) < 4.78 is 2.62. The molecule has 148 valence electrons. The van der Waals surface area contributed by atoms with Gasteiger partial charge in [0.25, 0.3) is 0 Å². The van der Waals surface area contributed by atoms with Gasteiger partial charge in [0.2, 0.25) is 0 Å². The highest BCUT2D eigenvalue weighted by Gasteiger charge is 2.17. The van der Waals surface area contributed by atoms with E-state index < -0.39 is 0 Å². The summed E-state index contributed by atoms with van der Waals surface area (Å²) >= 11 is 8.38. The van der Waals surface area contributed by atoms with Gasteiger partial charge in [-0.05, 0) is 48.5 Å². The molecule has 0 amide bonds. The number of hydrogen-bond acceptors (Lipinski definition) is 2. The van der Waals surface area contributed by atoms with E-state index in [9.17, 15) is 0 Å². The lowest BCUT2D eigenvalue weighted by Gasteiger charge is -2.27. The molecular formula is C28H18ClNS. The number of rotatable bonds is 3. The highest BCUT2D eigenvalue weighted by atomic mass is 35.5. The van der Waals surface area contributed by atoms with Crippen molar-refractivity contribution in [1.82, 2.24) is 0 Å². The standard InChI is InChI=1S/C28H18ClNS/c29-25-15-16-26(22-11-5-4-10-21(22)25)30(19-8-2-1-3-9-19)20-14-17-28-24(18-20)23-12-6-7-13-27(23)31-28/h1-18H. The molecule has 6 rings (SSSR count). The summed E-state index contributed by atoms with van der Waals surface area (Å²) in [4.78, 5) is 2.32. The molecule has 0 radical (unpaired) electrons. The lowest BCUT2D eigenvalue weighted by molar-refractivity contribution is 1.30. The zero-order valence-electron chi connectivity index (χ0n) is 16.6. The van der Waals surface area contributed by atoms with Crippen LogP contribution in [0, 0.1) is 0 Å². The van der Waals surface area contributed by atoms with Crippen molar-refractivity contribution in [3.8, 4) is 0 Å². The van der Waals surface area contributed by atoms with Crippen LogP contribution in [0.4, 0.5) is 17.1 Å². The number of thiophene rings is 1. The van der Waals surface area contributed by atoms with Gasteiger partial charge in [0.05, 0.1) is 5.69 Å². The van der Waals surface area contributed by atoms with E-state index >= 15 is 0 Å². The highest BCUT2D eigenvalue weighted by Crippen LogP contribution is 2.43. The molecule has 6 aromatic rings. The Morgan fingerprint density at radius 1 is 0.516 bits per heavy atom. The molecule has 0 atom stereocenters. The topological polar surface area (TPSA) is 3.24 Å². The molecule has 3 heteroatoms. The van der Waals surface area contributed by atoms with Crippen molar-refractivity contribution in [1.29, 1.82) is 0 Å². The maximum absolute atomic E-state index is 6.54. The monoisotopic (exact) mass is 435 g/mol. The van der Waals surface area contributed by atoms with Gasteiger partial charge >= 0.3 is 0 Å². The number of para-hydroxylation sites is 1. The summed E-state index contributed by atoms with van der Waals surface area (Å²) in [6.45, 7) is 0. The molecular weight excluding hydrogens is 418 g/mol. The van der Waals surface area contributed by atoms with E-state index in [0.717, 1.165) is 32.9 Å². The van der Waals surface area contributed by atoms with Crippen LogP contribution in [0.25, 0.3) is 30.9 Å². The second-order valence-electron chi connectivity index (χ2n) is 7.56. The van der Waals surface area contributed by atoms with Crippen LogP contribution >= 0.6 is 22.9 Å². The number of halogens is 1. The zero-order chi connectivity index (χ0) is 20.8. The van der Waals surface area contributed by atoms with Crippen molar-refractivity contribution in [2.24, 2.45) is 0 Å². The first-order valence-corrected chi connectivity index (χ1v) is 11.4. The Bertz CT molecular complexity index is 1550. The molecule has 1 heterocycles. The van der Waals surface area contributed by atoms with E-state index in [0.29, 0.717) is 0 Å². The lowest BCUT2D eigenvalue weighted by Crippen LogP contribution is -2.10. The second kappa shape index (κ2) is 7.42. The SMILES string of the molecule is Clc1ccc(N(c2ccccc2)c2ccc3sc4ccccc4c3c2)c2ccccc12. The number of benzene rings is 5. The van der Waals surface area contributed by atoms with E-state index in [1.54, 1.807) is 0 Å². The van der Waals surface area contributed by atoms with Crippen molar-refractivity contribution in [2.45, 2.75) is 0 Å². The minimum Gasteiger partial charge on any atom is -0.310 e.